The van der Waals surface area contributed by atoms with Gasteiger partial charge in [-0.25, -0.2) is 4.98 Å². The second-order valence-corrected chi connectivity index (χ2v) is 7.19. The zero-order valence-corrected chi connectivity index (χ0v) is 16.0. The van der Waals surface area contributed by atoms with Gasteiger partial charge in [0.2, 0.25) is 5.88 Å². The van der Waals surface area contributed by atoms with Gasteiger partial charge in [-0.3, -0.25) is 4.79 Å². The van der Waals surface area contributed by atoms with Gasteiger partial charge in [0.1, 0.15) is 0 Å². The SMILES string of the molecule is CCC(CO)CNC(=O)c1cnc(OCC2CC2)c(-c2ccc(C#N)cc2)c1. The number of aliphatic hydroxyl groups is 1. The van der Waals surface area contributed by atoms with Crippen molar-refractivity contribution in [2.75, 3.05) is 19.8 Å². The van der Waals surface area contributed by atoms with Crippen molar-refractivity contribution in [3.05, 3.63) is 47.7 Å². The van der Waals surface area contributed by atoms with Gasteiger partial charge in [0.05, 0.1) is 23.8 Å². The quantitative estimate of drug-likeness (QED) is 0.698. The molecule has 1 aromatic heterocycles. The van der Waals surface area contributed by atoms with Crippen molar-refractivity contribution < 1.29 is 14.6 Å². The highest BCUT2D eigenvalue weighted by Crippen LogP contribution is 2.33. The van der Waals surface area contributed by atoms with Crippen LogP contribution in [0, 0.1) is 23.2 Å². The Morgan fingerprint density at radius 1 is 1.39 bits per heavy atom. The Balaban J connectivity index is 1.83. The highest BCUT2D eigenvalue weighted by Gasteiger charge is 2.23. The molecule has 1 unspecified atom stereocenters. The molecule has 0 saturated heterocycles. The number of hydrogen-bond acceptors (Lipinski definition) is 5. The molecule has 1 aromatic carbocycles. The van der Waals surface area contributed by atoms with Crippen LogP contribution in [0.5, 0.6) is 5.88 Å². The predicted octanol–water partition coefficient (Wildman–Crippen LogP) is 3.16. The van der Waals surface area contributed by atoms with Crippen LogP contribution in [0.4, 0.5) is 0 Å². The highest BCUT2D eigenvalue weighted by atomic mass is 16.5. The van der Waals surface area contributed by atoms with Gasteiger partial charge in [-0.1, -0.05) is 19.1 Å². The van der Waals surface area contributed by atoms with E-state index in [2.05, 4.69) is 16.4 Å². The lowest BCUT2D eigenvalue weighted by molar-refractivity contribution is 0.0939. The summed E-state index contributed by atoms with van der Waals surface area (Å²) in [4.78, 5) is 16.9. The smallest absolute Gasteiger partial charge is 0.252 e. The van der Waals surface area contributed by atoms with E-state index in [9.17, 15) is 9.90 Å². The Bertz CT molecular complexity index is 850. The van der Waals surface area contributed by atoms with Gasteiger partial charge < -0.3 is 15.2 Å². The molecule has 6 nitrogen and oxygen atoms in total. The summed E-state index contributed by atoms with van der Waals surface area (Å²) in [7, 11) is 0. The Labute approximate surface area is 165 Å². The lowest BCUT2D eigenvalue weighted by Gasteiger charge is -2.14. The number of aromatic nitrogens is 1. The normalized spacial score (nSPS) is 14.2. The molecule has 0 bridgehead atoms. The molecule has 2 N–H and O–H groups in total. The summed E-state index contributed by atoms with van der Waals surface area (Å²) in [6, 6.07) is 11.0. The molecular weight excluding hydrogens is 354 g/mol. The second-order valence-electron chi connectivity index (χ2n) is 7.19. The number of aliphatic hydroxyl groups excluding tert-OH is 1. The number of hydrogen-bond donors (Lipinski definition) is 2. The summed E-state index contributed by atoms with van der Waals surface area (Å²) in [6.45, 7) is 3.05. The summed E-state index contributed by atoms with van der Waals surface area (Å²) in [5, 5.41) is 21.2. The average Bonchev–Trinajstić information content (AvgIpc) is 3.57. The van der Waals surface area contributed by atoms with E-state index >= 15 is 0 Å². The minimum atomic E-state index is -0.233. The van der Waals surface area contributed by atoms with Gasteiger partial charge in [-0.2, -0.15) is 5.26 Å². The molecule has 1 heterocycles. The maximum absolute atomic E-state index is 12.5. The van der Waals surface area contributed by atoms with Crippen LogP contribution in [-0.4, -0.2) is 35.8 Å². The monoisotopic (exact) mass is 379 g/mol. The van der Waals surface area contributed by atoms with Gasteiger partial charge in [0, 0.05) is 24.9 Å². The van der Waals surface area contributed by atoms with E-state index in [1.807, 2.05) is 19.1 Å². The molecule has 0 spiro atoms. The van der Waals surface area contributed by atoms with Crippen molar-refractivity contribution in [3.63, 3.8) is 0 Å². The van der Waals surface area contributed by atoms with E-state index in [0.29, 0.717) is 36.1 Å². The van der Waals surface area contributed by atoms with Gasteiger partial charge in [-0.05, 0) is 54.9 Å². The first-order valence-electron chi connectivity index (χ1n) is 9.67. The van der Waals surface area contributed by atoms with Crippen molar-refractivity contribution >= 4 is 5.91 Å². The number of nitriles is 1. The Kier molecular flexibility index (Phi) is 6.62. The first-order valence-corrected chi connectivity index (χ1v) is 9.67. The van der Waals surface area contributed by atoms with Gasteiger partial charge in [0.25, 0.3) is 5.91 Å². The lowest BCUT2D eigenvalue weighted by atomic mass is 10.0. The van der Waals surface area contributed by atoms with Gasteiger partial charge >= 0.3 is 0 Å². The van der Waals surface area contributed by atoms with E-state index in [1.165, 1.54) is 19.0 Å². The number of pyridine rings is 1. The van der Waals surface area contributed by atoms with Crippen molar-refractivity contribution in [2.24, 2.45) is 11.8 Å². The molecule has 1 aliphatic rings. The molecule has 1 amide bonds. The molecule has 1 aliphatic carbocycles. The molecule has 0 aliphatic heterocycles. The molecule has 3 rings (SSSR count). The van der Waals surface area contributed by atoms with Crippen LogP contribution in [0.15, 0.2) is 36.5 Å². The van der Waals surface area contributed by atoms with E-state index in [1.54, 1.807) is 18.2 Å². The minimum absolute atomic E-state index is 0.0380. The zero-order chi connectivity index (χ0) is 19.9. The fourth-order valence-corrected chi connectivity index (χ4v) is 2.78. The largest absolute Gasteiger partial charge is 0.477 e. The van der Waals surface area contributed by atoms with Crippen LogP contribution < -0.4 is 10.1 Å². The fourth-order valence-electron chi connectivity index (χ4n) is 2.78. The molecular formula is C22H25N3O3. The van der Waals surface area contributed by atoms with Crippen molar-refractivity contribution in [3.8, 4) is 23.1 Å². The molecule has 146 valence electrons. The molecule has 1 atom stereocenters. The molecule has 2 aromatic rings. The van der Waals surface area contributed by atoms with E-state index in [4.69, 9.17) is 10.00 Å². The van der Waals surface area contributed by atoms with Crippen LogP contribution >= 0.6 is 0 Å². The lowest BCUT2D eigenvalue weighted by Crippen LogP contribution is -2.30. The number of carbonyl (C=O) groups is 1. The topological polar surface area (TPSA) is 95.2 Å². The minimum Gasteiger partial charge on any atom is -0.477 e. The first kappa shape index (κ1) is 19.8. The van der Waals surface area contributed by atoms with Crippen molar-refractivity contribution in [1.82, 2.24) is 10.3 Å². The van der Waals surface area contributed by atoms with Crippen LogP contribution in [-0.2, 0) is 0 Å². The molecule has 0 radical (unpaired) electrons. The summed E-state index contributed by atoms with van der Waals surface area (Å²) in [6.07, 6.45) is 4.66. The third-order valence-corrected chi connectivity index (χ3v) is 4.98. The number of benzene rings is 1. The Morgan fingerprint density at radius 3 is 2.75 bits per heavy atom. The maximum atomic E-state index is 12.5. The maximum Gasteiger partial charge on any atom is 0.252 e. The van der Waals surface area contributed by atoms with E-state index < -0.39 is 0 Å². The summed E-state index contributed by atoms with van der Waals surface area (Å²) >= 11 is 0. The van der Waals surface area contributed by atoms with Crippen molar-refractivity contribution in [1.29, 1.82) is 5.26 Å². The van der Waals surface area contributed by atoms with Crippen LogP contribution in [0.3, 0.4) is 0 Å². The number of carbonyl (C=O) groups excluding carboxylic acids is 1. The molecule has 28 heavy (non-hydrogen) atoms. The molecule has 6 heteroatoms. The molecule has 1 saturated carbocycles. The summed E-state index contributed by atoms with van der Waals surface area (Å²) in [5.41, 5.74) is 2.58. The third kappa shape index (κ3) is 5.08. The fraction of sp³-hybridized carbons (Fsp3) is 0.409. The Morgan fingerprint density at radius 2 is 2.14 bits per heavy atom. The van der Waals surface area contributed by atoms with Gasteiger partial charge in [0.15, 0.2) is 0 Å². The van der Waals surface area contributed by atoms with E-state index in [0.717, 1.165) is 17.5 Å². The summed E-state index contributed by atoms with van der Waals surface area (Å²) in [5.74, 6) is 0.886. The standard InChI is InChI=1S/C22H25N3O3/c1-2-15(13-26)11-24-21(27)19-9-20(18-7-5-16(10-23)6-8-18)22(25-12-19)28-14-17-3-4-17/h5-9,12,15,17,26H,2-4,11,13-14H2,1H3,(H,24,27). The van der Waals surface area contributed by atoms with E-state index in [-0.39, 0.29) is 18.4 Å². The predicted molar refractivity (Wildman–Crippen MR) is 106 cm³/mol. The second kappa shape index (κ2) is 9.34. The number of ether oxygens (including phenoxy) is 1. The Hall–Kier alpha value is -2.91. The summed E-state index contributed by atoms with van der Waals surface area (Å²) < 4.78 is 5.90. The number of rotatable bonds is 9. The van der Waals surface area contributed by atoms with Crippen LogP contribution in [0.2, 0.25) is 0 Å². The van der Waals surface area contributed by atoms with Crippen LogP contribution in [0.25, 0.3) is 11.1 Å². The third-order valence-electron chi connectivity index (χ3n) is 4.98. The number of nitrogens with one attached hydrogen (secondary N) is 1. The van der Waals surface area contributed by atoms with Crippen molar-refractivity contribution in [2.45, 2.75) is 26.2 Å². The molecule has 1 fully saturated rings. The zero-order valence-electron chi connectivity index (χ0n) is 16.0. The number of nitrogens with zero attached hydrogens (tertiary/aromatic N) is 2. The highest BCUT2D eigenvalue weighted by molar-refractivity contribution is 5.95. The number of amides is 1. The average molecular weight is 379 g/mol. The van der Waals surface area contributed by atoms with Gasteiger partial charge in [-0.15, -0.1) is 0 Å². The van der Waals surface area contributed by atoms with Crippen LogP contribution in [0.1, 0.15) is 42.1 Å². The first-order chi connectivity index (χ1) is 13.6.